The first kappa shape index (κ1) is 12.0. The molecule has 0 unspecified atom stereocenters. The molecule has 118 valence electrons. The van der Waals surface area contributed by atoms with Gasteiger partial charge in [0.15, 0.2) is 0 Å². The number of rotatable bonds is 3. The van der Waals surface area contributed by atoms with Gasteiger partial charge in [0.25, 0.3) is 5.91 Å². The van der Waals surface area contributed by atoms with E-state index in [-0.39, 0.29) is 0 Å². The maximum atomic E-state index is 11.5. The van der Waals surface area contributed by atoms with Crippen molar-refractivity contribution < 1.29 is 10.0 Å². The molecule has 0 spiro atoms. The lowest BCUT2D eigenvalue weighted by molar-refractivity contribution is -0.615. The van der Waals surface area contributed by atoms with E-state index in [9.17, 15) is 4.79 Å². The van der Waals surface area contributed by atoms with E-state index in [4.69, 9.17) is 5.21 Å². The van der Waals surface area contributed by atoms with Crippen molar-refractivity contribution in [1.82, 2.24) is 15.4 Å². The Morgan fingerprint density at radius 2 is 2.04 bits per heavy atom. The van der Waals surface area contributed by atoms with Crippen molar-refractivity contribution in [3.05, 3.63) is 29.1 Å². The van der Waals surface area contributed by atoms with Crippen molar-refractivity contribution in [3.63, 3.8) is 0 Å². The Balaban J connectivity index is 1.12. The highest BCUT2D eigenvalue weighted by atomic mass is 16.5. The second-order valence-corrected chi connectivity index (χ2v) is 8.73. The van der Waals surface area contributed by atoms with Gasteiger partial charge in [-0.2, -0.15) is 0 Å². The molecule has 0 radical (unpaired) electrons. The fourth-order valence-corrected chi connectivity index (χ4v) is 8.16. The SMILES string of the molecule is O=C(NO)c1cnc2c(c1)CCN(CC13C4C5C6C4C1C6C53)C2. The maximum absolute atomic E-state index is 11.5. The van der Waals surface area contributed by atoms with E-state index in [1.165, 1.54) is 12.5 Å². The van der Waals surface area contributed by atoms with Gasteiger partial charge >= 0.3 is 0 Å². The van der Waals surface area contributed by atoms with Gasteiger partial charge < -0.3 is 0 Å². The smallest absolute Gasteiger partial charge is 0.276 e. The molecule has 0 aromatic carbocycles. The summed E-state index contributed by atoms with van der Waals surface area (Å²) in [7, 11) is 0. The van der Waals surface area contributed by atoms with E-state index in [0.717, 1.165) is 71.7 Å². The standard InChI is InChI=1S/C18H19N3O2/c22-17(20-23)8-3-7-1-2-21(5-9(7)19-4-8)6-18-14-11-10-12(14)16(18)13(10)15(11)18/h3-4,10-16,23H,1-2,5-6H2,(H,20,22). The van der Waals surface area contributed by atoms with Crippen molar-refractivity contribution in [2.75, 3.05) is 13.1 Å². The van der Waals surface area contributed by atoms with E-state index in [1.54, 1.807) is 11.7 Å². The number of amides is 1. The van der Waals surface area contributed by atoms with Crippen LogP contribution in [-0.2, 0) is 13.0 Å². The zero-order chi connectivity index (χ0) is 15.1. The Bertz CT molecular complexity index is 740. The Labute approximate surface area is 134 Å². The number of nitrogens with one attached hydrogen (secondary N) is 1. The van der Waals surface area contributed by atoms with E-state index >= 15 is 0 Å². The molecule has 0 atom stereocenters. The molecule has 1 amide bonds. The maximum Gasteiger partial charge on any atom is 0.276 e. The molecule has 1 aliphatic heterocycles. The third-order valence-electron chi connectivity index (χ3n) is 8.67. The number of nitrogens with zero attached hydrogens (tertiary/aromatic N) is 2. The molecule has 8 rings (SSSR count). The summed E-state index contributed by atoms with van der Waals surface area (Å²) in [5.74, 6) is 7.51. The molecule has 0 bridgehead atoms. The first-order valence-electron chi connectivity index (χ1n) is 8.90. The number of carbonyl (C=O) groups excluding carboxylic acids is 1. The topological polar surface area (TPSA) is 65.5 Å². The average Bonchev–Trinajstić information content (AvgIpc) is 2.61. The summed E-state index contributed by atoms with van der Waals surface area (Å²) in [4.78, 5) is 18.6. The van der Waals surface area contributed by atoms with Crippen molar-refractivity contribution in [3.8, 4) is 0 Å². The Kier molecular flexibility index (Phi) is 1.73. The number of hydroxylamine groups is 1. The van der Waals surface area contributed by atoms with Crippen LogP contribution < -0.4 is 5.48 Å². The Morgan fingerprint density at radius 1 is 1.30 bits per heavy atom. The van der Waals surface area contributed by atoms with Crippen LogP contribution in [0, 0.1) is 46.8 Å². The molecule has 5 nitrogen and oxygen atoms in total. The molecule has 6 aliphatic carbocycles. The van der Waals surface area contributed by atoms with Crippen LogP contribution in [0.15, 0.2) is 12.3 Å². The lowest BCUT2D eigenvalue weighted by atomic mass is 8.96. The summed E-state index contributed by atoms with van der Waals surface area (Å²) >= 11 is 0. The Hall–Kier alpha value is -1.46. The predicted molar refractivity (Wildman–Crippen MR) is 79.3 cm³/mol. The number of carbonyl (C=O) groups is 1. The Morgan fingerprint density at radius 3 is 2.74 bits per heavy atom. The minimum Gasteiger partial charge on any atom is -0.297 e. The van der Waals surface area contributed by atoms with Gasteiger partial charge in [0.2, 0.25) is 0 Å². The van der Waals surface area contributed by atoms with Crippen LogP contribution in [0.5, 0.6) is 0 Å². The van der Waals surface area contributed by atoms with E-state index < -0.39 is 5.91 Å². The highest BCUT2D eigenvalue weighted by Gasteiger charge is 3.03. The van der Waals surface area contributed by atoms with Crippen LogP contribution in [-0.4, -0.2) is 34.1 Å². The summed E-state index contributed by atoms with van der Waals surface area (Å²) in [6.45, 7) is 3.30. The minimum atomic E-state index is -0.476. The molecule has 1 aromatic heterocycles. The van der Waals surface area contributed by atoms with Crippen LogP contribution in [0.3, 0.4) is 0 Å². The van der Waals surface area contributed by atoms with Crippen molar-refractivity contribution in [2.45, 2.75) is 13.0 Å². The summed E-state index contributed by atoms with van der Waals surface area (Å²) in [5.41, 5.74) is 5.15. The lowest BCUT2D eigenvalue weighted by Crippen LogP contribution is -3.06. The van der Waals surface area contributed by atoms with Crippen LogP contribution >= 0.6 is 0 Å². The third-order valence-corrected chi connectivity index (χ3v) is 8.67. The molecular formula is C18H19N3O2. The van der Waals surface area contributed by atoms with E-state index in [0.29, 0.717) is 5.56 Å². The van der Waals surface area contributed by atoms with E-state index in [1.807, 2.05) is 6.07 Å². The molecule has 5 heteroatoms. The zero-order valence-corrected chi connectivity index (χ0v) is 12.8. The van der Waals surface area contributed by atoms with Gasteiger partial charge in [0.05, 0.1) is 11.3 Å². The summed E-state index contributed by atoms with van der Waals surface area (Å²) in [5, 5.41) is 8.75. The molecule has 0 saturated heterocycles. The van der Waals surface area contributed by atoms with E-state index in [2.05, 4.69) is 9.88 Å². The fourth-order valence-electron chi connectivity index (χ4n) is 8.16. The van der Waals surface area contributed by atoms with Gasteiger partial charge in [-0.1, -0.05) is 0 Å². The van der Waals surface area contributed by atoms with Crippen molar-refractivity contribution in [1.29, 1.82) is 0 Å². The summed E-state index contributed by atoms with van der Waals surface area (Å²) in [6, 6.07) is 1.88. The second kappa shape index (κ2) is 3.33. The van der Waals surface area contributed by atoms with Gasteiger partial charge in [-0.25, -0.2) is 5.48 Å². The third kappa shape index (κ3) is 0.965. The number of hydrogen-bond acceptors (Lipinski definition) is 4. The number of fused-ring (bicyclic) bond motifs is 1. The number of aromatic nitrogens is 1. The second-order valence-electron chi connectivity index (χ2n) is 8.73. The summed E-state index contributed by atoms with van der Waals surface area (Å²) < 4.78 is 0. The molecular weight excluding hydrogens is 290 g/mol. The quantitative estimate of drug-likeness (QED) is 0.644. The fraction of sp³-hybridized carbons (Fsp3) is 0.667. The molecule has 6 fully saturated rings. The number of pyridine rings is 1. The van der Waals surface area contributed by atoms with Crippen molar-refractivity contribution >= 4 is 5.91 Å². The van der Waals surface area contributed by atoms with Crippen LogP contribution in [0.2, 0.25) is 0 Å². The molecule has 7 aliphatic rings. The van der Waals surface area contributed by atoms with Gasteiger partial charge in [-0.05, 0) is 64.9 Å². The van der Waals surface area contributed by atoms with Gasteiger partial charge in [0.1, 0.15) is 0 Å². The molecule has 1 aromatic rings. The zero-order valence-electron chi connectivity index (χ0n) is 12.8. The lowest BCUT2D eigenvalue weighted by Gasteiger charge is -3.08. The molecule has 2 N–H and O–H groups in total. The van der Waals surface area contributed by atoms with Crippen LogP contribution in [0.4, 0.5) is 0 Å². The average molecular weight is 309 g/mol. The molecule has 2 heterocycles. The molecule has 6 saturated carbocycles. The first-order valence-corrected chi connectivity index (χ1v) is 8.90. The highest BCUT2D eigenvalue weighted by Crippen LogP contribution is 3.05. The van der Waals surface area contributed by atoms with Gasteiger partial charge in [0, 0.05) is 25.8 Å². The first-order chi connectivity index (χ1) is 11.3. The summed E-state index contributed by atoms with van der Waals surface area (Å²) in [6.07, 6.45) is 2.54. The number of hydrogen-bond donors (Lipinski definition) is 2. The van der Waals surface area contributed by atoms with Gasteiger partial charge in [-0.15, -0.1) is 0 Å². The van der Waals surface area contributed by atoms with Crippen LogP contribution in [0.1, 0.15) is 21.6 Å². The van der Waals surface area contributed by atoms with Gasteiger partial charge in [-0.3, -0.25) is 19.9 Å². The monoisotopic (exact) mass is 309 g/mol. The normalized spacial score (nSPS) is 52.0. The highest BCUT2D eigenvalue weighted by molar-refractivity contribution is 5.93. The minimum absolute atomic E-state index is 0.445. The largest absolute Gasteiger partial charge is 0.297 e. The predicted octanol–water partition coefficient (Wildman–Crippen LogP) is 0.927. The van der Waals surface area contributed by atoms with Crippen LogP contribution in [0.25, 0.3) is 0 Å². The molecule has 23 heavy (non-hydrogen) atoms. The van der Waals surface area contributed by atoms with Crippen molar-refractivity contribution in [2.24, 2.45) is 46.8 Å².